The maximum absolute atomic E-state index is 12.4. The van der Waals surface area contributed by atoms with Crippen LogP contribution in [0.15, 0.2) is 24.3 Å². The number of hydrogen-bond acceptors (Lipinski definition) is 4. The number of para-hydroxylation sites is 1. The van der Waals surface area contributed by atoms with Gasteiger partial charge in [-0.25, -0.2) is 4.79 Å². The van der Waals surface area contributed by atoms with E-state index >= 15 is 0 Å². The van der Waals surface area contributed by atoms with Crippen molar-refractivity contribution in [3.8, 4) is 0 Å². The lowest BCUT2D eigenvalue weighted by molar-refractivity contribution is 0.0567. The monoisotopic (exact) mass is 327 g/mol. The summed E-state index contributed by atoms with van der Waals surface area (Å²) in [7, 11) is 0. The standard InChI is InChI=1S/C15H21NO5S/c1-15(2,3)21-14(17)16-9-11(10-20-22(18)19)8-12-6-4-5-7-13(12)16/h4-7,11H,8-10H2,1-3H3,(H,18,19)/t11-/m1/s1. The Hall–Kier alpha value is -1.44. The summed E-state index contributed by atoms with van der Waals surface area (Å²) in [6.07, 6.45) is 0.266. The van der Waals surface area contributed by atoms with Gasteiger partial charge in [0, 0.05) is 12.5 Å². The van der Waals surface area contributed by atoms with Crippen molar-refractivity contribution in [1.29, 1.82) is 0 Å². The summed E-state index contributed by atoms with van der Waals surface area (Å²) >= 11 is -2.30. The van der Waals surface area contributed by atoms with Crippen LogP contribution in [0.3, 0.4) is 0 Å². The molecule has 1 aliphatic heterocycles. The van der Waals surface area contributed by atoms with Gasteiger partial charge in [0.15, 0.2) is 0 Å². The van der Waals surface area contributed by atoms with Crippen molar-refractivity contribution < 1.29 is 22.5 Å². The molecule has 0 saturated carbocycles. The highest BCUT2D eigenvalue weighted by Gasteiger charge is 2.31. The Morgan fingerprint density at radius 2 is 2.09 bits per heavy atom. The maximum atomic E-state index is 12.4. The van der Waals surface area contributed by atoms with Crippen molar-refractivity contribution in [2.75, 3.05) is 18.1 Å². The number of nitrogens with zero attached hydrogens (tertiary/aromatic N) is 1. The second kappa shape index (κ2) is 6.76. The number of benzene rings is 1. The quantitative estimate of drug-likeness (QED) is 0.864. The van der Waals surface area contributed by atoms with Crippen LogP contribution < -0.4 is 4.90 Å². The molecule has 1 amide bonds. The van der Waals surface area contributed by atoms with Crippen molar-refractivity contribution in [2.45, 2.75) is 32.8 Å². The minimum atomic E-state index is -2.30. The van der Waals surface area contributed by atoms with E-state index in [4.69, 9.17) is 13.5 Å². The molecule has 1 heterocycles. The van der Waals surface area contributed by atoms with E-state index in [2.05, 4.69) is 0 Å². The van der Waals surface area contributed by atoms with E-state index in [9.17, 15) is 9.00 Å². The van der Waals surface area contributed by atoms with Gasteiger partial charge < -0.3 is 4.74 Å². The fraction of sp³-hybridized carbons (Fsp3) is 0.533. The fourth-order valence-electron chi connectivity index (χ4n) is 2.43. The molecule has 0 fully saturated rings. The summed E-state index contributed by atoms with van der Waals surface area (Å²) in [6.45, 7) is 5.95. The third-order valence-electron chi connectivity index (χ3n) is 3.25. The van der Waals surface area contributed by atoms with Crippen LogP contribution in [-0.2, 0) is 26.7 Å². The number of anilines is 1. The molecule has 0 spiro atoms. The molecular formula is C15H21NO5S. The van der Waals surface area contributed by atoms with Gasteiger partial charge in [-0.3, -0.25) is 13.6 Å². The third-order valence-corrected chi connectivity index (χ3v) is 3.59. The molecule has 0 aliphatic carbocycles. The van der Waals surface area contributed by atoms with Crippen molar-refractivity contribution in [3.63, 3.8) is 0 Å². The Bertz CT molecular complexity index is 569. The lowest BCUT2D eigenvalue weighted by atomic mass is 9.93. The molecule has 1 N–H and O–H groups in total. The summed E-state index contributed by atoms with van der Waals surface area (Å²) < 4.78 is 29.6. The predicted octanol–water partition coefficient (Wildman–Crippen LogP) is 2.75. The highest BCUT2D eigenvalue weighted by atomic mass is 32.2. The van der Waals surface area contributed by atoms with Gasteiger partial charge in [0.25, 0.3) is 0 Å². The first-order valence-corrected chi connectivity index (χ1v) is 8.12. The van der Waals surface area contributed by atoms with E-state index in [0.717, 1.165) is 11.3 Å². The van der Waals surface area contributed by atoms with Crippen LogP contribution in [0.2, 0.25) is 0 Å². The first kappa shape index (κ1) is 16.9. The molecule has 2 rings (SSSR count). The Morgan fingerprint density at radius 1 is 1.41 bits per heavy atom. The van der Waals surface area contributed by atoms with Gasteiger partial charge in [-0.1, -0.05) is 18.2 Å². The summed E-state index contributed by atoms with van der Waals surface area (Å²) in [6, 6.07) is 7.59. The number of carbonyl (C=O) groups is 1. The zero-order valence-corrected chi connectivity index (χ0v) is 13.8. The molecule has 22 heavy (non-hydrogen) atoms. The first-order valence-electron chi connectivity index (χ1n) is 7.09. The summed E-state index contributed by atoms with van der Waals surface area (Å²) in [5.74, 6) is -0.0569. The maximum Gasteiger partial charge on any atom is 0.414 e. The Morgan fingerprint density at radius 3 is 2.73 bits per heavy atom. The van der Waals surface area contributed by atoms with Gasteiger partial charge in [-0.2, -0.15) is 4.21 Å². The average Bonchev–Trinajstić information content (AvgIpc) is 2.42. The number of amides is 1. The SMILES string of the molecule is CC(C)(C)OC(=O)N1C[C@H](COS(=O)O)Cc2ccccc21. The number of rotatable bonds is 3. The molecule has 6 nitrogen and oxygen atoms in total. The van der Waals surface area contributed by atoms with Gasteiger partial charge in [0.05, 0.1) is 12.3 Å². The first-order chi connectivity index (χ1) is 10.3. The van der Waals surface area contributed by atoms with Gasteiger partial charge in [-0.05, 0) is 38.8 Å². The normalized spacial score (nSPS) is 19.5. The molecule has 0 saturated heterocycles. The highest BCUT2D eigenvalue weighted by Crippen LogP contribution is 2.31. The summed E-state index contributed by atoms with van der Waals surface area (Å²) in [4.78, 5) is 14.0. The van der Waals surface area contributed by atoms with Crippen molar-refractivity contribution in [1.82, 2.24) is 0 Å². The Kier molecular flexibility index (Phi) is 5.20. The van der Waals surface area contributed by atoms with Crippen LogP contribution in [0.5, 0.6) is 0 Å². The zero-order chi connectivity index (χ0) is 16.3. The van der Waals surface area contributed by atoms with Gasteiger partial charge in [-0.15, -0.1) is 0 Å². The summed E-state index contributed by atoms with van der Waals surface area (Å²) in [5.41, 5.74) is 1.23. The van der Waals surface area contributed by atoms with Crippen LogP contribution in [0.1, 0.15) is 26.3 Å². The largest absolute Gasteiger partial charge is 0.443 e. The molecule has 1 aliphatic rings. The Balaban J connectivity index is 2.19. The molecule has 122 valence electrons. The highest BCUT2D eigenvalue weighted by molar-refractivity contribution is 7.74. The lowest BCUT2D eigenvalue weighted by Crippen LogP contribution is -2.44. The third kappa shape index (κ3) is 4.53. The molecule has 0 bridgehead atoms. The van der Waals surface area contributed by atoms with E-state index in [1.807, 2.05) is 45.0 Å². The number of carbonyl (C=O) groups excluding carboxylic acids is 1. The zero-order valence-electron chi connectivity index (χ0n) is 12.9. The fourth-order valence-corrected chi connectivity index (χ4v) is 2.74. The van der Waals surface area contributed by atoms with Crippen molar-refractivity contribution >= 4 is 23.1 Å². The van der Waals surface area contributed by atoms with E-state index in [0.29, 0.717) is 13.0 Å². The molecule has 0 radical (unpaired) electrons. The Labute approximate surface area is 132 Å². The minimum Gasteiger partial charge on any atom is -0.443 e. The van der Waals surface area contributed by atoms with Crippen LogP contribution in [0.25, 0.3) is 0 Å². The van der Waals surface area contributed by atoms with Gasteiger partial charge in [0.1, 0.15) is 5.60 Å². The molecule has 2 atom stereocenters. The second-order valence-corrected chi connectivity index (χ2v) is 6.96. The smallest absolute Gasteiger partial charge is 0.414 e. The minimum absolute atomic E-state index is 0.0569. The van der Waals surface area contributed by atoms with Gasteiger partial charge >= 0.3 is 17.5 Å². The van der Waals surface area contributed by atoms with E-state index < -0.39 is 23.1 Å². The van der Waals surface area contributed by atoms with Crippen LogP contribution in [0.4, 0.5) is 10.5 Å². The van der Waals surface area contributed by atoms with E-state index in [1.54, 1.807) is 4.90 Å². The summed E-state index contributed by atoms with van der Waals surface area (Å²) in [5, 5.41) is 0. The van der Waals surface area contributed by atoms with E-state index in [1.165, 1.54) is 0 Å². The molecule has 1 aromatic rings. The molecule has 1 unspecified atom stereocenters. The van der Waals surface area contributed by atoms with Crippen molar-refractivity contribution in [3.05, 3.63) is 29.8 Å². The van der Waals surface area contributed by atoms with Crippen molar-refractivity contribution in [2.24, 2.45) is 5.92 Å². The van der Waals surface area contributed by atoms with Crippen LogP contribution >= 0.6 is 0 Å². The average molecular weight is 327 g/mol. The lowest BCUT2D eigenvalue weighted by Gasteiger charge is -2.35. The van der Waals surface area contributed by atoms with Gasteiger partial charge in [0.2, 0.25) is 0 Å². The molecular weight excluding hydrogens is 306 g/mol. The molecule has 0 aromatic heterocycles. The molecule has 7 heteroatoms. The topological polar surface area (TPSA) is 76.1 Å². The molecule has 1 aromatic carbocycles. The second-order valence-electron chi connectivity index (χ2n) is 6.29. The van der Waals surface area contributed by atoms with E-state index in [-0.39, 0.29) is 12.5 Å². The number of fused-ring (bicyclic) bond motifs is 1. The predicted molar refractivity (Wildman–Crippen MR) is 83.9 cm³/mol. The number of ether oxygens (including phenoxy) is 1. The van der Waals surface area contributed by atoms with Crippen LogP contribution in [-0.4, -0.2) is 33.6 Å². The van der Waals surface area contributed by atoms with Crippen LogP contribution in [0, 0.1) is 5.92 Å². The number of hydrogen-bond donors (Lipinski definition) is 1.